The van der Waals surface area contributed by atoms with Crippen molar-refractivity contribution in [1.29, 1.82) is 0 Å². The predicted octanol–water partition coefficient (Wildman–Crippen LogP) is 2.58. The summed E-state index contributed by atoms with van der Waals surface area (Å²) in [6.07, 6.45) is 2.15. The molecule has 0 aliphatic rings. The summed E-state index contributed by atoms with van der Waals surface area (Å²) in [6, 6.07) is 1.88. The standard InChI is InChI=1S/C10H9ClN2OS/c1-6-7(2-3-15-6)9(14)8-4-12-5-13-10(8)11/h2-5,9,14H,1H3. The summed E-state index contributed by atoms with van der Waals surface area (Å²) in [7, 11) is 0. The number of hydrogen-bond donors (Lipinski definition) is 1. The van der Waals surface area contributed by atoms with Crippen molar-refractivity contribution in [1.82, 2.24) is 9.97 Å². The molecule has 2 aromatic heterocycles. The van der Waals surface area contributed by atoms with E-state index in [1.54, 1.807) is 11.3 Å². The van der Waals surface area contributed by atoms with Gasteiger partial charge in [-0.25, -0.2) is 9.97 Å². The zero-order valence-corrected chi connectivity index (χ0v) is 9.59. The molecule has 3 nitrogen and oxygen atoms in total. The van der Waals surface area contributed by atoms with Crippen molar-refractivity contribution >= 4 is 22.9 Å². The van der Waals surface area contributed by atoms with Crippen LogP contribution in [0.4, 0.5) is 0 Å². The van der Waals surface area contributed by atoms with E-state index in [4.69, 9.17) is 11.6 Å². The Morgan fingerprint density at radius 1 is 1.47 bits per heavy atom. The van der Waals surface area contributed by atoms with Crippen LogP contribution < -0.4 is 0 Å². The fourth-order valence-electron chi connectivity index (χ4n) is 1.35. The van der Waals surface area contributed by atoms with E-state index >= 15 is 0 Å². The second-order valence-electron chi connectivity index (χ2n) is 3.10. The first-order valence-electron chi connectivity index (χ1n) is 4.37. The average molecular weight is 241 g/mol. The number of rotatable bonds is 2. The molecule has 0 bridgehead atoms. The summed E-state index contributed by atoms with van der Waals surface area (Å²) in [5.41, 5.74) is 1.40. The van der Waals surface area contributed by atoms with Gasteiger partial charge in [0.2, 0.25) is 0 Å². The first-order valence-corrected chi connectivity index (χ1v) is 5.63. The van der Waals surface area contributed by atoms with E-state index in [1.807, 2.05) is 18.4 Å². The molecule has 5 heteroatoms. The minimum Gasteiger partial charge on any atom is -0.383 e. The SMILES string of the molecule is Cc1sccc1C(O)c1cncnc1Cl. The number of hydrogen-bond acceptors (Lipinski definition) is 4. The van der Waals surface area contributed by atoms with E-state index in [9.17, 15) is 5.11 Å². The average Bonchev–Trinajstić information content (AvgIpc) is 2.64. The second kappa shape index (κ2) is 4.26. The number of aliphatic hydroxyl groups excluding tert-OH is 1. The molecule has 0 aliphatic carbocycles. The Labute approximate surface area is 96.4 Å². The number of aliphatic hydroxyl groups is 1. The highest BCUT2D eigenvalue weighted by atomic mass is 35.5. The zero-order chi connectivity index (χ0) is 10.8. The Hall–Kier alpha value is -0.970. The Bertz CT molecular complexity index is 472. The lowest BCUT2D eigenvalue weighted by Crippen LogP contribution is -2.02. The topological polar surface area (TPSA) is 46.0 Å². The molecule has 0 saturated carbocycles. The molecule has 0 aromatic carbocycles. The van der Waals surface area contributed by atoms with Gasteiger partial charge in [-0.3, -0.25) is 0 Å². The quantitative estimate of drug-likeness (QED) is 0.821. The molecule has 0 radical (unpaired) electrons. The van der Waals surface area contributed by atoms with Gasteiger partial charge in [0.25, 0.3) is 0 Å². The largest absolute Gasteiger partial charge is 0.383 e. The molecule has 2 aromatic rings. The Morgan fingerprint density at radius 3 is 2.87 bits per heavy atom. The minimum absolute atomic E-state index is 0.295. The summed E-state index contributed by atoms with van der Waals surface area (Å²) in [4.78, 5) is 8.76. The third-order valence-corrected chi connectivity index (χ3v) is 3.35. The van der Waals surface area contributed by atoms with Crippen LogP contribution in [-0.4, -0.2) is 15.1 Å². The van der Waals surface area contributed by atoms with E-state index in [2.05, 4.69) is 9.97 Å². The van der Waals surface area contributed by atoms with Crippen molar-refractivity contribution in [2.24, 2.45) is 0 Å². The lowest BCUT2D eigenvalue weighted by atomic mass is 10.1. The van der Waals surface area contributed by atoms with Gasteiger partial charge in [-0.1, -0.05) is 11.6 Å². The van der Waals surface area contributed by atoms with Crippen molar-refractivity contribution < 1.29 is 5.11 Å². The van der Waals surface area contributed by atoms with Crippen LogP contribution in [0.5, 0.6) is 0 Å². The molecule has 1 N–H and O–H groups in total. The lowest BCUT2D eigenvalue weighted by Gasteiger charge is -2.10. The van der Waals surface area contributed by atoms with Crippen molar-refractivity contribution in [3.8, 4) is 0 Å². The number of aryl methyl sites for hydroxylation is 1. The van der Waals surface area contributed by atoms with Crippen LogP contribution in [0.2, 0.25) is 5.15 Å². The van der Waals surface area contributed by atoms with Gasteiger partial charge in [-0.2, -0.15) is 0 Å². The van der Waals surface area contributed by atoms with Gasteiger partial charge < -0.3 is 5.11 Å². The molecular weight excluding hydrogens is 232 g/mol. The van der Waals surface area contributed by atoms with Gasteiger partial charge in [0.05, 0.1) is 0 Å². The normalized spacial score (nSPS) is 12.7. The fourth-order valence-corrected chi connectivity index (χ4v) is 2.29. The first-order chi connectivity index (χ1) is 7.20. The molecule has 0 fully saturated rings. The van der Waals surface area contributed by atoms with E-state index in [0.29, 0.717) is 10.7 Å². The summed E-state index contributed by atoms with van der Waals surface area (Å²) in [5.74, 6) is 0. The predicted molar refractivity (Wildman–Crippen MR) is 60.2 cm³/mol. The van der Waals surface area contributed by atoms with Gasteiger partial charge in [-0.05, 0) is 23.9 Å². The second-order valence-corrected chi connectivity index (χ2v) is 4.58. The number of halogens is 1. The first kappa shape index (κ1) is 10.5. The maximum Gasteiger partial charge on any atom is 0.138 e. The molecule has 78 valence electrons. The highest BCUT2D eigenvalue weighted by molar-refractivity contribution is 7.10. The Balaban J connectivity index is 2.41. The lowest BCUT2D eigenvalue weighted by molar-refractivity contribution is 0.219. The van der Waals surface area contributed by atoms with Crippen LogP contribution in [0.1, 0.15) is 22.1 Å². The third kappa shape index (κ3) is 2.02. The van der Waals surface area contributed by atoms with Gasteiger partial charge in [0.1, 0.15) is 17.6 Å². The monoisotopic (exact) mass is 240 g/mol. The summed E-state index contributed by atoms with van der Waals surface area (Å²) in [6.45, 7) is 1.96. The van der Waals surface area contributed by atoms with Gasteiger partial charge in [-0.15, -0.1) is 11.3 Å². The highest BCUT2D eigenvalue weighted by Gasteiger charge is 2.17. The zero-order valence-electron chi connectivity index (χ0n) is 8.01. The molecule has 15 heavy (non-hydrogen) atoms. The molecule has 0 spiro atoms. The fraction of sp³-hybridized carbons (Fsp3) is 0.200. The minimum atomic E-state index is -0.745. The van der Waals surface area contributed by atoms with E-state index < -0.39 is 6.10 Å². The van der Waals surface area contributed by atoms with Crippen molar-refractivity contribution in [2.45, 2.75) is 13.0 Å². The van der Waals surface area contributed by atoms with Crippen LogP contribution in [0.25, 0.3) is 0 Å². The number of nitrogens with zero attached hydrogens (tertiary/aromatic N) is 2. The van der Waals surface area contributed by atoms with Gasteiger partial charge >= 0.3 is 0 Å². The molecule has 0 saturated heterocycles. The molecule has 2 rings (SSSR count). The Morgan fingerprint density at radius 2 is 2.27 bits per heavy atom. The third-order valence-electron chi connectivity index (χ3n) is 2.18. The Kier molecular flexibility index (Phi) is 3.00. The van der Waals surface area contributed by atoms with Crippen LogP contribution in [0, 0.1) is 6.92 Å². The smallest absolute Gasteiger partial charge is 0.138 e. The van der Waals surface area contributed by atoms with E-state index in [1.165, 1.54) is 12.5 Å². The molecule has 0 aliphatic heterocycles. The van der Waals surface area contributed by atoms with Crippen LogP contribution in [-0.2, 0) is 0 Å². The van der Waals surface area contributed by atoms with Crippen molar-refractivity contribution in [3.05, 3.63) is 45.1 Å². The molecule has 2 heterocycles. The van der Waals surface area contributed by atoms with E-state index in [0.717, 1.165) is 10.4 Å². The molecular formula is C10H9ClN2OS. The van der Waals surface area contributed by atoms with Crippen molar-refractivity contribution in [3.63, 3.8) is 0 Å². The number of aromatic nitrogens is 2. The van der Waals surface area contributed by atoms with Gasteiger partial charge in [0.15, 0.2) is 0 Å². The number of thiophene rings is 1. The van der Waals surface area contributed by atoms with E-state index in [-0.39, 0.29) is 0 Å². The molecule has 1 atom stereocenters. The molecule has 1 unspecified atom stereocenters. The van der Waals surface area contributed by atoms with Crippen LogP contribution in [0.3, 0.4) is 0 Å². The summed E-state index contributed by atoms with van der Waals surface area (Å²) in [5, 5.41) is 12.3. The van der Waals surface area contributed by atoms with Crippen molar-refractivity contribution in [2.75, 3.05) is 0 Å². The highest BCUT2D eigenvalue weighted by Crippen LogP contribution is 2.30. The van der Waals surface area contributed by atoms with Crippen LogP contribution in [0.15, 0.2) is 24.0 Å². The molecule has 0 amide bonds. The maximum atomic E-state index is 10.1. The summed E-state index contributed by atoms with van der Waals surface area (Å²) >= 11 is 7.47. The summed E-state index contributed by atoms with van der Waals surface area (Å²) < 4.78 is 0. The van der Waals surface area contributed by atoms with Crippen LogP contribution >= 0.6 is 22.9 Å². The van der Waals surface area contributed by atoms with Gasteiger partial charge in [0, 0.05) is 16.6 Å². The maximum absolute atomic E-state index is 10.1.